The average molecular weight is 293 g/mol. The number of hydrogen-bond donors (Lipinski definition) is 1. The fraction of sp³-hybridized carbons (Fsp3) is 0.500. The molecule has 5 heteroatoms. The molecule has 2 N–H and O–H groups in total. The molecule has 0 radical (unpaired) electrons. The summed E-state index contributed by atoms with van der Waals surface area (Å²) in [6.07, 6.45) is 0. The zero-order valence-electron chi connectivity index (χ0n) is 10.2. The molecule has 0 spiro atoms. The molecular weight excluding hydrogens is 275 g/mol. The molecular formula is C12H18Cl2N2S. The van der Waals surface area contributed by atoms with Gasteiger partial charge in [-0.3, -0.25) is 0 Å². The average Bonchev–Trinajstić information content (AvgIpc) is 2.27. The summed E-state index contributed by atoms with van der Waals surface area (Å²) in [4.78, 5) is 3.29. The molecule has 0 aromatic heterocycles. The van der Waals surface area contributed by atoms with Gasteiger partial charge in [-0.1, -0.05) is 37.0 Å². The summed E-state index contributed by atoms with van der Waals surface area (Å²) in [7, 11) is 0. The van der Waals surface area contributed by atoms with Crippen molar-refractivity contribution >= 4 is 40.7 Å². The first-order valence-corrected chi connectivity index (χ1v) is 7.42. The van der Waals surface area contributed by atoms with Gasteiger partial charge in [0.1, 0.15) is 0 Å². The number of nitrogens with zero attached hydrogens (tertiary/aromatic N) is 1. The van der Waals surface area contributed by atoms with E-state index in [1.54, 1.807) is 23.9 Å². The molecule has 0 aliphatic rings. The maximum absolute atomic E-state index is 6.12. The van der Waals surface area contributed by atoms with Crippen molar-refractivity contribution in [1.29, 1.82) is 0 Å². The zero-order chi connectivity index (χ0) is 12.8. The Hall–Kier alpha value is -0.0900. The quantitative estimate of drug-likeness (QED) is 0.634. The highest BCUT2D eigenvalue weighted by Crippen LogP contribution is 2.35. The van der Waals surface area contributed by atoms with Gasteiger partial charge >= 0.3 is 0 Å². The number of nitrogen functional groups attached to an aromatic ring is 1. The van der Waals surface area contributed by atoms with Crippen LogP contribution in [-0.2, 0) is 0 Å². The van der Waals surface area contributed by atoms with Crippen LogP contribution in [0.1, 0.15) is 13.8 Å². The second-order valence-electron chi connectivity index (χ2n) is 3.69. The molecule has 1 rings (SSSR count). The van der Waals surface area contributed by atoms with Gasteiger partial charge in [0.15, 0.2) is 0 Å². The van der Waals surface area contributed by atoms with E-state index in [0.29, 0.717) is 15.7 Å². The lowest BCUT2D eigenvalue weighted by Gasteiger charge is -2.17. The third-order valence-corrected chi connectivity index (χ3v) is 4.50. The van der Waals surface area contributed by atoms with Crippen molar-refractivity contribution in [2.24, 2.45) is 0 Å². The van der Waals surface area contributed by atoms with Crippen LogP contribution in [0.15, 0.2) is 17.0 Å². The minimum atomic E-state index is 0.605. The Morgan fingerprint density at radius 3 is 2.18 bits per heavy atom. The third kappa shape index (κ3) is 4.59. The van der Waals surface area contributed by atoms with Gasteiger partial charge in [0.05, 0.1) is 10.0 Å². The highest BCUT2D eigenvalue weighted by atomic mass is 35.5. The first-order chi connectivity index (χ1) is 8.08. The molecule has 1 aromatic carbocycles. The highest BCUT2D eigenvalue weighted by Gasteiger charge is 2.08. The number of anilines is 1. The van der Waals surface area contributed by atoms with E-state index in [2.05, 4.69) is 18.7 Å². The lowest BCUT2D eigenvalue weighted by molar-refractivity contribution is 0.324. The van der Waals surface area contributed by atoms with E-state index in [1.807, 2.05) is 0 Å². The number of benzene rings is 1. The molecule has 0 aliphatic heterocycles. The van der Waals surface area contributed by atoms with Crippen LogP contribution in [0.2, 0.25) is 10.0 Å². The van der Waals surface area contributed by atoms with Gasteiger partial charge in [0.25, 0.3) is 0 Å². The summed E-state index contributed by atoms with van der Waals surface area (Å²) in [5.41, 5.74) is 6.27. The molecule has 0 amide bonds. The molecule has 0 fully saturated rings. The van der Waals surface area contributed by atoms with Crippen molar-refractivity contribution in [3.05, 3.63) is 22.2 Å². The second kappa shape index (κ2) is 7.37. The minimum absolute atomic E-state index is 0.605. The number of halogens is 2. The molecule has 0 atom stereocenters. The van der Waals surface area contributed by atoms with E-state index in [-0.39, 0.29) is 0 Å². The van der Waals surface area contributed by atoms with Crippen molar-refractivity contribution < 1.29 is 0 Å². The highest BCUT2D eigenvalue weighted by molar-refractivity contribution is 7.99. The fourth-order valence-corrected chi connectivity index (χ4v) is 3.31. The van der Waals surface area contributed by atoms with Gasteiger partial charge < -0.3 is 10.6 Å². The summed E-state index contributed by atoms with van der Waals surface area (Å²) in [5, 5.41) is 1.28. The van der Waals surface area contributed by atoms with Crippen LogP contribution in [-0.4, -0.2) is 30.3 Å². The van der Waals surface area contributed by atoms with Crippen LogP contribution >= 0.6 is 35.0 Å². The Bertz CT molecular complexity index is 345. The fourth-order valence-electron chi connectivity index (χ4n) is 1.53. The third-order valence-electron chi connectivity index (χ3n) is 2.57. The second-order valence-corrected chi connectivity index (χ2v) is 5.61. The van der Waals surface area contributed by atoms with Crippen molar-refractivity contribution in [2.75, 3.05) is 31.1 Å². The van der Waals surface area contributed by atoms with Crippen molar-refractivity contribution in [3.8, 4) is 0 Å². The van der Waals surface area contributed by atoms with E-state index in [9.17, 15) is 0 Å². The van der Waals surface area contributed by atoms with Gasteiger partial charge in [-0.15, -0.1) is 11.8 Å². The smallest absolute Gasteiger partial charge is 0.0577 e. The molecule has 0 saturated heterocycles. The largest absolute Gasteiger partial charge is 0.399 e. The maximum atomic E-state index is 6.12. The summed E-state index contributed by atoms with van der Waals surface area (Å²) in [6.45, 7) is 7.50. The first-order valence-electron chi connectivity index (χ1n) is 5.68. The number of thioether (sulfide) groups is 1. The van der Waals surface area contributed by atoms with Gasteiger partial charge in [-0.25, -0.2) is 0 Å². The van der Waals surface area contributed by atoms with Crippen LogP contribution in [0.5, 0.6) is 0 Å². The van der Waals surface area contributed by atoms with Gasteiger partial charge in [-0.05, 0) is 25.2 Å². The van der Waals surface area contributed by atoms with Crippen LogP contribution in [0, 0.1) is 0 Å². The Morgan fingerprint density at radius 1 is 1.18 bits per heavy atom. The van der Waals surface area contributed by atoms with Crippen LogP contribution in [0.4, 0.5) is 5.69 Å². The molecule has 0 aliphatic carbocycles. The number of hydrogen-bond acceptors (Lipinski definition) is 3. The standard InChI is InChI=1S/C12H18Cl2N2S/c1-3-16(4-2)5-6-17-12-10(13)7-9(15)8-11(12)14/h7-8H,3-6,15H2,1-2H3. The Labute approximate surface area is 117 Å². The Kier molecular flexibility index (Phi) is 6.49. The maximum Gasteiger partial charge on any atom is 0.0577 e. The van der Waals surface area contributed by atoms with E-state index >= 15 is 0 Å². The summed E-state index contributed by atoms with van der Waals surface area (Å²) >= 11 is 13.9. The van der Waals surface area contributed by atoms with Gasteiger partial charge in [0, 0.05) is 22.9 Å². The minimum Gasteiger partial charge on any atom is -0.399 e. The molecule has 1 aromatic rings. The molecule has 96 valence electrons. The van der Waals surface area contributed by atoms with E-state index in [4.69, 9.17) is 28.9 Å². The molecule has 0 unspecified atom stereocenters. The van der Waals surface area contributed by atoms with E-state index in [0.717, 1.165) is 30.3 Å². The summed E-state index contributed by atoms with van der Waals surface area (Å²) < 4.78 is 0. The predicted octanol–water partition coefficient (Wildman–Crippen LogP) is 4.01. The van der Waals surface area contributed by atoms with Crippen LogP contribution in [0.25, 0.3) is 0 Å². The van der Waals surface area contributed by atoms with E-state index in [1.165, 1.54) is 0 Å². The lowest BCUT2D eigenvalue weighted by atomic mass is 10.3. The molecule has 0 bridgehead atoms. The van der Waals surface area contributed by atoms with E-state index < -0.39 is 0 Å². The molecule has 0 heterocycles. The predicted molar refractivity (Wildman–Crippen MR) is 79.4 cm³/mol. The van der Waals surface area contributed by atoms with Gasteiger partial charge in [-0.2, -0.15) is 0 Å². The topological polar surface area (TPSA) is 29.3 Å². The SMILES string of the molecule is CCN(CC)CCSc1c(Cl)cc(N)cc1Cl. The molecule has 2 nitrogen and oxygen atoms in total. The van der Waals surface area contributed by atoms with Crippen molar-refractivity contribution in [1.82, 2.24) is 4.90 Å². The number of rotatable bonds is 6. The Morgan fingerprint density at radius 2 is 1.71 bits per heavy atom. The lowest BCUT2D eigenvalue weighted by Crippen LogP contribution is -2.25. The Balaban J connectivity index is 2.58. The van der Waals surface area contributed by atoms with Crippen molar-refractivity contribution in [3.63, 3.8) is 0 Å². The summed E-state index contributed by atoms with van der Waals surface area (Å²) in [5.74, 6) is 0.977. The first kappa shape index (κ1) is 15.0. The monoisotopic (exact) mass is 292 g/mol. The van der Waals surface area contributed by atoms with Crippen LogP contribution in [0.3, 0.4) is 0 Å². The summed E-state index contributed by atoms with van der Waals surface area (Å²) in [6, 6.07) is 3.49. The van der Waals surface area contributed by atoms with Crippen molar-refractivity contribution in [2.45, 2.75) is 18.7 Å². The number of nitrogens with two attached hydrogens (primary N) is 1. The van der Waals surface area contributed by atoms with Gasteiger partial charge in [0.2, 0.25) is 0 Å². The van der Waals surface area contributed by atoms with Crippen LogP contribution < -0.4 is 5.73 Å². The molecule has 17 heavy (non-hydrogen) atoms. The zero-order valence-corrected chi connectivity index (χ0v) is 12.5. The normalized spacial score (nSPS) is 11.1. The molecule has 0 saturated carbocycles.